The van der Waals surface area contributed by atoms with Crippen molar-refractivity contribution in [2.75, 3.05) is 25.7 Å². The number of imidazole rings is 1. The number of hydrogen-bond acceptors (Lipinski definition) is 6. The molecule has 0 fully saturated rings. The number of anilines is 1. The molecule has 0 aliphatic carbocycles. The molecule has 0 saturated carbocycles. The number of thiazole rings is 1. The topological polar surface area (TPSA) is 69.5 Å². The van der Waals surface area contributed by atoms with Crippen LogP contribution in [0.1, 0.15) is 27.9 Å². The van der Waals surface area contributed by atoms with Gasteiger partial charge in [0.1, 0.15) is 11.5 Å². The van der Waals surface area contributed by atoms with Gasteiger partial charge in [0.2, 0.25) is 0 Å². The summed E-state index contributed by atoms with van der Waals surface area (Å²) in [5.74, 6) is 1.00. The number of amides is 1. The van der Waals surface area contributed by atoms with Crippen molar-refractivity contribution in [3.63, 3.8) is 0 Å². The molecule has 166 valence electrons. The van der Waals surface area contributed by atoms with Gasteiger partial charge < -0.3 is 14.0 Å². The number of rotatable bonds is 8. The summed E-state index contributed by atoms with van der Waals surface area (Å²) in [7, 11) is 3.15. The molecule has 0 aliphatic heterocycles. The summed E-state index contributed by atoms with van der Waals surface area (Å²) in [5, 5.41) is 0.686. The Kier molecular flexibility index (Phi) is 6.41. The molecule has 2 aromatic heterocycles. The molecule has 0 radical (unpaired) electrons. The van der Waals surface area contributed by atoms with Crippen LogP contribution in [-0.4, -0.2) is 41.2 Å². The van der Waals surface area contributed by atoms with Crippen LogP contribution in [0.3, 0.4) is 0 Å². The normalized spacial score (nSPS) is 11.0. The van der Waals surface area contributed by atoms with Gasteiger partial charge in [0.25, 0.3) is 5.91 Å². The van der Waals surface area contributed by atoms with E-state index >= 15 is 0 Å². The summed E-state index contributed by atoms with van der Waals surface area (Å²) in [5.41, 5.74) is 3.72. The second kappa shape index (κ2) is 9.40. The number of hydrogen-bond donors (Lipinski definition) is 0. The Labute approximate surface area is 191 Å². The zero-order chi connectivity index (χ0) is 22.7. The molecule has 7 nitrogen and oxygen atoms in total. The van der Waals surface area contributed by atoms with Crippen molar-refractivity contribution in [3.05, 3.63) is 65.7 Å². The van der Waals surface area contributed by atoms with Gasteiger partial charge in [-0.05, 0) is 49.6 Å². The number of methoxy groups -OCH3 is 2. The fraction of sp³-hybridized carbons (Fsp3) is 0.292. The third-order valence-electron chi connectivity index (χ3n) is 5.25. The fourth-order valence-corrected chi connectivity index (χ4v) is 4.84. The highest BCUT2D eigenvalue weighted by molar-refractivity contribution is 7.22. The van der Waals surface area contributed by atoms with Gasteiger partial charge >= 0.3 is 0 Å². The molecule has 2 heterocycles. The Bertz CT molecular complexity index is 1210. The van der Waals surface area contributed by atoms with E-state index in [4.69, 9.17) is 14.5 Å². The quantitative estimate of drug-likeness (QED) is 0.383. The van der Waals surface area contributed by atoms with Crippen molar-refractivity contribution in [1.29, 1.82) is 0 Å². The molecule has 0 spiro atoms. The van der Waals surface area contributed by atoms with Gasteiger partial charge in [-0.3, -0.25) is 9.69 Å². The molecule has 8 heteroatoms. The first-order valence-electron chi connectivity index (χ1n) is 10.4. The van der Waals surface area contributed by atoms with Crippen LogP contribution in [0.5, 0.6) is 11.5 Å². The average Bonchev–Trinajstić information content (AvgIpc) is 3.46. The van der Waals surface area contributed by atoms with E-state index in [1.165, 1.54) is 16.9 Å². The Morgan fingerprint density at radius 1 is 1.09 bits per heavy atom. The molecule has 0 atom stereocenters. The molecule has 0 saturated heterocycles. The Morgan fingerprint density at radius 3 is 2.50 bits per heavy atom. The van der Waals surface area contributed by atoms with Gasteiger partial charge in [0, 0.05) is 37.1 Å². The summed E-state index contributed by atoms with van der Waals surface area (Å²) in [4.78, 5) is 24.4. The Morgan fingerprint density at radius 2 is 1.84 bits per heavy atom. The second-order valence-corrected chi connectivity index (χ2v) is 8.65. The summed E-state index contributed by atoms with van der Waals surface area (Å²) >= 11 is 1.54. The number of carbonyl (C=O) groups is 1. The molecule has 0 N–H and O–H groups in total. The molecular formula is C24H26N4O3S. The van der Waals surface area contributed by atoms with Gasteiger partial charge in [-0.15, -0.1) is 0 Å². The minimum absolute atomic E-state index is 0.138. The first-order chi connectivity index (χ1) is 15.5. The van der Waals surface area contributed by atoms with E-state index in [0.717, 1.165) is 28.7 Å². The van der Waals surface area contributed by atoms with E-state index in [1.807, 2.05) is 10.8 Å². The largest absolute Gasteiger partial charge is 0.497 e. The van der Waals surface area contributed by atoms with Crippen LogP contribution < -0.4 is 14.4 Å². The predicted molar refractivity (Wildman–Crippen MR) is 127 cm³/mol. The summed E-state index contributed by atoms with van der Waals surface area (Å²) in [6.07, 6.45) is 6.22. The van der Waals surface area contributed by atoms with Crippen molar-refractivity contribution in [2.45, 2.75) is 26.8 Å². The third kappa shape index (κ3) is 4.60. The minimum Gasteiger partial charge on any atom is -0.497 e. The monoisotopic (exact) mass is 450 g/mol. The molecule has 4 aromatic rings. The van der Waals surface area contributed by atoms with Crippen LogP contribution in [0, 0.1) is 13.8 Å². The second-order valence-electron chi connectivity index (χ2n) is 7.64. The summed E-state index contributed by atoms with van der Waals surface area (Å²) in [6.45, 7) is 5.40. The lowest BCUT2D eigenvalue weighted by molar-refractivity contribution is 0.0985. The standard InChI is InChI=1S/C24H26N4O3S/c1-16-10-17(2)22-21(11-16)32-24(26-22)28(8-5-7-27-9-6-25-15-27)23(29)18-12-19(30-3)14-20(13-18)31-4/h6,9-15H,5,7-8H2,1-4H3. The van der Waals surface area contributed by atoms with Crippen molar-refractivity contribution >= 4 is 32.6 Å². The first-order valence-corrected chi connectivity index (χ1v) is 11.2. The smallest absolute Gasteiger partial charge is 0.260 e. The molecule has 32 heavy (non-hydrogen) atoms. The summed E-state index contributed by atoms with van der Waals surface area (Å²) in [6, 6.07) is 9.45. The van der Waals surface area contributed by atoms with Gasteiger partial charge in [-0.2, -0.15) is 0 Å². The molecule has 2 aromatic carbocycles. The van der Waals surface area contributed by atoms with E-state index in [2.05, 4.69) is 31.0 Å². The minimum atomic E-state index is -0.138. The number of fused-ring (bicyclic) bond motifs is 1. The van der Waals surface area contributed by atoms with Crippen LogP contribution in [-0.2, 0) is 6.54 Å². The zero-order valence-corrected chi connectivity index (χ0v) is 19.5. The lowest BCUT2D eigenvalue weighted by Gasteiger charge is -2.21. The molecule has 0 unspecified atom stereocenters. The Balaban J connectivity index is 1.70. The van der Waals surface area contributed by atoms with Crippen molar-refractivity contribution < 1.29 is 14.3 Å². The van der Waals surface area contributed by atoms with Crippen molar-refractivity contribution in [1.82, 2.24) is 14.5 Å². The van der Waals surface area contributed by atoms with Gasteiger partial charge in [0.15, 0.2) is 5.13 Å². The predicted octanol–water partition coefficient (Wildman–Crippen LogP) is 4.86. The number of carbonyl (C=O) groups excluding carboxylic acids is 1. The molecule has 1 amide bonds. The number of nitrogens with zero attached hydrogens (tertiary/aromatic N) is 4. The molecular weight excluding hydrogens is 424 g/mol. The van der Waals surface area contributed by atoms with Crippen LogP contribution in [0.4, 0.5) is 5.13 Å². The number of aryl methyl sites for hydroxylation is 3. The molecule has 4 rings (SSSR count). The Hall–Kier alpha value is -3.39. The van der Waals surface area contributed by atoms with E-state index in [1.54, 1.807) is 49.8 Å². The SMILES string of the molecule is COc1cc(OC)cc(C(=O)N(CCCn2ccnc2)c2nc3c(C)cc(C)cc3s2)c1. The average molecular weight is 451 g/mol. The van der Waals surface area contributed by atoms with E-state index in [9.17, 15) is 4.79 Å². The van der Waals surface area contributed by atoms with E-state index in [-0.39, 0.29) is 5.91 Å². The molecule has 0 bridgehead atoms. The van der Waals surface area contributed by atoms with Gasteiger partial charge in [0.05, 0.1) is 30.8 Å². The number of aromatic nitrogens is 3. The maximum atomic E-state index is 13.7. The zero-order valence-electron chi connectivity index (χ0n) is 18.7. The summed E-state index contributed by atoms with van der Waals surface area (Å²) < 4.78 is 13.8. The van der Waals surface area contributed by atoms with Gasteiger partial charge in [-0.1, -0.05) is 17.4 Å². The van der Waals surface area contributed by atoms with Crippen molar-refractivity contribution in [2.24, 2.45) is 0 Å². The van der Waals surface area contributed by atoms with Gasteiger partial charge in [-0.25, -0.2) is 9.97 Å². The highest BCUT2D eigenvalue weighted by atomic mass is 32.1. The number of benzene rings is 2. The van der Waals surface area contributed by atoms with Crippen LogP contribution in [0.2, 0.25) is 0 Å². The highest BCUT2D eigenvalue weighted by Crippen LogP contribution is 2.33. The lowest BCUT2D eigenvalue weighted by atomic mass is 10.1. The number of ether oxygens (including phenoxy) is 2. The lowest BCUT2D eigenvalue weighted by Crippen LogP contribution is -2.32. The maximum Gasteiger partial charge on any atom is 0.260 e. The van der Waals surface area contributed by atoms with Crippen LogP contribution >= 0.6 is 11.3 Å². The fourth-order valence-electron chi connectivity index (χ4n) is 3.68. The van der Waals surface area contributed by atoms with Crippen molar-refractivity contribution in [3.8, 4) is 11.5 Å². The van der Waals surface area contributed by atoms with E-state index in [0.29, 0.717) is 28.7 Å². The first kappa shape index (κ1) is 21.8. The van der Waals surface area contributed by atoms with Crippen LogP contribution in [0.15, 0.2) is 49.1 Å². The highest BCUT2D eigenvalue weighted by Gasteiger charge is 2.23. The molecule has 0 aliphatic rings. The maximum absolute atomic E-state index is 13.7. The van der Waals surface area contributed by atoms with Crippen LogP contribution in [0.25, 0.3) is 10.2 Å². The third-order valence-corrected chi connectivity index (χ3v) is 6.28. The van der Waals surface area contributed by atoms with E-state index < -0.39 is 0 Å².